The predicted octanol–water partition coefficient (Wildman–Crippen LogP) is 4.86. The van der Waals surface area contributed by atoms with Gasteiger partial charge in [-0.05, 0) is 55.1 Å². The van der Waals surface area contributed by atoms with Gasteiger partial charge in [0.1, 0.15) is 5.75 Å². The molecular formula is C30H39N3O3. The number of nitrogens with zero attached hydrogens (tertiary/aromatic N) is 3. The topological polar surface area (TPSA) is 53.1 Å². The van der Waals surface area contributed by atoms with E-state index in [2.05, 4.69) is 16.7 Å². The zero-order valence-electron chi connectivity index (χ0n) is 21.7. The molecule has 3 aliphatic rings. The van der Waals surface area contributed by atoms with Gasteiger partial charge < -0.3 is 14.5 Å². The minimum atomic E-state index is -0.410. The second-order valence-electron chi connectivity index (χ2n) is 10.5. The van der Waals surface area contributed by atoms with Crippen LogP contribution in [-0.2, 0) is 4.79 Å². The van der Waals surface area contributed by atoms with Gasteiger partial charge in [-0.2, -0.15) is 0 Å². The Morgan fingerprint density at radius 1 is 0.944 bits per heavy atom. The Hall–Kier alpha value is -2.86. The summed E-state index contributed by atoms with van der Waals surface area (Å²) in [5, 5.41) is 0. The van der Waals surface area contributed by atoms with E-state index in [1.165, 1.54) is 6.42 Å². The van der Waals surface area contributed by atoms with Gasteiger partial charge in [-0.3, -0.25) is 14.5 Å². The van der Waals surface area contributed by atoms with Gasteiger partial charge in [-0.1, -0.05) is 56.5 Å². The van der Waals surface area contributed by atoms with Crippen LogP contribution in [-0.4, -0.2) is 72.4 Å². The normalized spacial score (nSPS) is 23.4. The van der Waals surface area contributed by atoms with Crippen LogP contribution in [0.1, 0.15) is 78.9 Å². The highest BCUT2D eigenvalue weighted by Gasteiger charge is 2.47. The molecule has 2 aliphatic heterocycles. The van der Waals surface area contributed by atoms with Crippen molar-refractivity contribution in [2.45, 2.75) is 63.5 Å². The molecule has 2 unspecified atom stereocenters. The van der Waals surface area contributed by atoms with Crippen LogP contribution in [0.5, 0.6) is 5.75 Å². The zero-order chi connectivity index (χ0) is 25.1. The summed E-state index contributed by atoms with van der Waals surface area (Å²) in [5.74, 6) is 0.579. The maximum atomic E-state index is 14.4. The van der Waals surface area contributed by atoms with Crippen LogP contribution in [0, 0.1) is 0 Å². The van der Waals surface area contributed by atoms with Gasteiger partial charge in [-0.25, -0.2) is 0 Å². The molecule has 2 fully saturated rings. The third-order valence-electron chi connectivity index (χ3n) is 8.29. The highest BCUT2D eigenvalue weighted by Crippen LogP contribution is 2.46. The van der Waals surface area contributed by atoms with Crippen molar-refractivity contribution in [2.75, 3.05) is 39.8 Å². The van der Waals surface area contributed by atoms with E-state index < -0.39 is 5.92 Å². The third-order valence-corrected chi connectivity index (χ3v) is 8.29. The predicted molar refractivity (Wildman–Crippen MR) is 141 cm³/mol. The zero-order valence-corrected chi connectivity index (χ0v) is 21.7. The first-order chi connectivity index (χ1) is 17.6. The number of rotatable bonds is 6. The van der Waals surface area contributed by atoms with Crippen LogP contribution in [0.3, 0.4) is 0 Å². The molecule has 2 aromatic carbocycles. The highest BCUT2D eigenvalue weighted by molar-refractivity contribution is 6.01. The summed E-state index contributed by atoms with van der Waals surface area (Å²) >= 11 is 0. The quantitative estimate of drug-likeness (QED) is 0.581. The van der Waals surface area contributed by atoms with Crippen molar-refractivity contribution in [3.8, 4) is 5.75 Å². The number of fused-ring (bicyclic) bond motifs is 1. The van der Waals surface area contributed by atoms with E-state index in [0.717, 1.165) is 81.7 Å². The monoisotopic (exact) mass is 489 g/mol. The number of amides is 2. The fraction of sp³-hybridized carbons (Fsp3) is 0.533. The Morgan fingerprint density at radius 3 is 2.31 bits per heavy atom. The lowest BCUT2D eigenvalue weighted by atomic mass is 9.77. The molecular weight excluding hydrogens is 450 g/mol. The van der Waals surface area contributed by atoms with E-state index in [4.69, 9.17) is 4.74 Å². The van der Waals surface area contributed by atoms with Crippen molar-refractivity contribution in [2.24, 2.45) is 0 Å². The second kappa shape index (κ2) is 11.0. The average molecular weight is 490 g/mol. The fourth-order valence-electron chi connectivity index (χ4n) is 6.44. The molecule has 2 heterocycles. The van der Waals surface area contributed by atoms with E-state index in [-0.39, 0.29) is 23.9 Å². The van der Waals surface area contributed by atoms with Crippen LogP contribution >= 0.6 is 0 Å². The molecule has 0 aromatic heterocycles. The minimum Gasteiger partial charge on any atom is -0.497 e. The van der Waals surface area contributed by atoms with Gasteiger partial charge in [0, 0.05) is 37.8 Å². The van der Waals surface area contributed by atoms with Crippen molar-refractivity contribution < 1.29 is 14.3 Å². The Labute approximate surface area is 215 Å². The van der Waals surface area contributed by atoms with Gasteiger partial charge in [0.15, 0.2) is 0 Å². The lowest BCUT2D eigenvalue weighted by Gasteiger charge is -2.48. The SMILES string of the molecule is CCCN1CCN(C(=O)C2c3ccccc3C(=O)N(C3CCCCC3)C2c2ccc(OC)cc2)CC1. The van der Waals surface area contributed by atoms with Crippen molar-refractivity contribution in [3.05, 3.63) is 65.2 Å². The van der Waals surface area contributed by atoms with Gasteiger partial charge in [0.2, 0.25) is 5.91 Å². The summed E-state index contributed by atoms with van der Waals surface area (Å²) in [5.41, 5.74) is 2.57. The van der Waals surface area contributed by atoms with E-state index >= 15 is 0 Å². The number of carbonyl (C=O) groups is 2. The number of ether oxygens (including phenoxy) is 1. The molecule has 6 nitrogen and oxygen atoms in total. The number of hydrogen-bond donors (Lipinski definition) is 0. The summed E-state index contributed by atoms with van der Waals surface area (Å²) < 4.78 is 5.42. The van der Waals surface area contributed by atoms with Crippen LogP contribution in [0.4, 0.5) is 0 Å². The Morgan fingerprint density at radius 2 is 1.64 bits per heavy atom. The summed E-state index contributed by atoms with van der Waals surface area (Å²) in [6.45, 7) is 6.58. The molecule has 0 spiro atoms. The number of piperazine rings is 1. The average Bonchev–Trinajstić information content (AvgIpc) is 2.94. The van der Waals surface area contributed by atoms with Crippen LogP contribution < -0.4 is 4.74 Å². The van der Waals surface area contributed by atoms with Gasteiger partial charge in [-0.15, -0.1) is 0 Å². The molecule has 6 heteroatoms. The number of carbonyl (C=O) groups excluding carboxylic acids is 2. The summed E-state index contributed by atoms with van der Waals surface area (Å²) in [6.07, 6.45) is 6.59. The molecule has 192 valence electrons. The van der Waals surface area contributed by atoms with Crippen molar-refractivity contribution in [3.63, 3.8) is 0 Å². The van der Waals surface area contributed by atoms with Crippen LogP contribution in [0.25, 0.3) is 0 Å². The van der Waals surface area contributed by atoms with Gasteiger partial charge in [0.25, 0.3) is 5.91 Å². The Balaban J connectivity index is 1.57. The molecule has 0 bridgehead atoms. The highest BCUT2D eigenvalue weighted by atomic mass is 16.5. The number of benzene rings is 2. The van der Waals surface area contributed by atoms with E-state index in [1.54, 1.807) is 7.11 Å². The number of hydrogen-bond acceptors (Lipinski definition) is 4. The van der Waals surface area contributed by atoms with Gasteiger partial charge >= 0.3 is 0 Å². The van der Waals surface area contributed by atoms with E-state index in [1.807, 2.05) is 53.4 Å². The molecule has 1 saturated heterocycles. The lowest BCUT2D eigenvalue weighted by molar-refractivity contribution is -0.136. The van der Waals surface area contributed by atoms with Gasteiger partial charge in [0.05, 0.1) is 19.1 Å². The summed E-state index contributed by atoms with van der Waals surface area (Å²) in [4.78, 5) is 35.0. The largest absolute Gasteiger partial charge is 0.497 e. The molecule has 0 N–H and O–H groups in total. The molecule has 2 atom stereocenters. The summed E-state index contributed by atoms with van der Waals surface area (Å²) in [7, 11) is 1.66. The molecule has 1 saturated carbocycles. The first-order valence-corrected chi connectivity index (χ1v) is 13.7. The second-order valence-corrected chi connectivity index (χ2v) is 10.5. The van der Waals surface area contributed by atoms with Crippen LogP contribution in [0.15, 0.2) is 48.5 Å². The first kappa shape index (κ1) is 24.8. The molecule has 5 rings (SSSR count). The van der Waals surface area contributed by atoms with Crippen molar-refractivity contribution in [1.82, 2.24) is 14.7 Å². The molecule has 2 aromatic rings. The Bertz CT molecular complexity index is 1060. The minimum absolute atomic E-state index is 0.0649. The standard InChI is InChI=1S/C30H39N3O3/c1-3-17-31-18-20-32(21-19-31)30(35)27-25-11-7-8-12-26(25)29(34)33(23-9-5-4-6-10-23)28(27)22-13-15-24(36-2)16-14-22/h7-8,11-16,23,27-28H,3-6,9-10,17-21H2,1-2H3. The smallest absolute Gasteiger partial charge is 0.254 e. The first-order valence-electron chi connectivity index (χ1n) is 13.7. The molecule has 1 aliphatic carbocycles. The molecule has 36 heavy (non-hydrogen) atoms. The fourth-order valence-corrected chi connectivity index (χ4v) is 6.44. The molecule has 0 radical (unpaired) electrons. The molecule has 2 amide bonds. The Kier molecular flexibility index (Phi) is 7.61. The number of methoxy groups -OCH3 is 1. The van der Waals surface area contributed by atoms with E-state index in [9.17, 15) is 9.59 Å². The van der Waals surface area contributed by atoms with Crippen molar-refractivity contribution >= 4 is 11.8 Å². The van der Waals surface area contributed by atoms with Crippen molar-refractivity contribution in [1.29, 1.82) is 0 Å². The van der Waals surface area contributed by atoms with Crippen LogP contribution in [0.2, 0.25) is 0 Å². The third kappa shape index (κ3) is 4.75. The maximum absolute atomic E-state index is 14.4. The maximum Gasteiger partial charge on any atom is 0.254 e. The summed E-state index contributed by atoms with van der Waals surface area (Å²) in [6, 6.07) is 15.6. The van der Waals surface area contributed by atoms with E-state index in [0.29, 0.717) is 5.56 Å². The lowest BCUT2D eigenvalue weighted by Crippen LogP contribution is -2.55.